The molecule has 2 aromatic carbocycles. The van der Waals surface area contributed by atoms with Crippen LogP contribution in [0.25, 0.3) is 16.9 Å². The first-order chi connectivity index (χ1) is 19.4. The Bertz CT molecular complexity index is 1700. The van der Waals surface area contributed by atoms with E-state index in [0.717, 1.165) is 0 Å². The highest BCUT2D eigenvalue weighted by Gasteiger charge is 2.41. The number of nitrogens with one attached hydrogen (secondary N) is 1. The van der Waals surface area contributed by atoms with Crippen LogP contribution in [-0.2, 0) is 11.3 Å². The molecule has 4 heterocycles. The van der Waals surface area contributed by atoms with Gasteiger partial charge in [0.1, 0.15) is 11.3 Å². The van der Waals surface area contributed by atoms with Crippen LogP contribution < -0.4 is 15.5 Å². The third kappa shape index (κ3) is 4.42. The Kier molecular flexibility index (Phi) is 6.60. The number of rotatable bonds is 5. The highest BCUT2D eigenvalue weighted by atomic mass is 35.5. The number of nitrogens with zero attached hydrogens (tertiary/aromatic N) is 5. The van der Waals surface area contributed by atoms with E-state index in [4.69, 9.17) is 21.1 Å². The molecule has 2 aliphatic rings. The van der Waals surface area contributed by atoms with Crippen LogP contribution in [0.2, 0.25) is 5.02 Å². The maximum absolute atomic E-state index is 13.3. The zero-order valence-corrected chi connectivity index (χ0v) is 22.5. The van der Waals surface area contributed by atoms with Crippen molar-refractivity contribution in [3.63, 3.8) is 0 Å². The molecule has 204 valence electrons. The predicted molar refractivity (Wildman–Crippen MR) is 147 cm³/mol. The quantitative estimate of drug-likeness (QED) is 0.396. The van der Waals surface area contributed by atoms with E-state index in [2.05, 4.69) is 15.6 Å². The van der Waals surface area contributed by atoms with Gasteiger partial charge < -0.3 is 24.3 Å². The van der Waals surface area contributed by atoms with Gasteiger partial charge in [0, 0.05) is 23.5 Å². The SMILES string of the molecule is COc1c2n(cc(C(=O)Nc3cccc(-c4cn(-c5ccccc5Cl)nn4)c3)c1=O)C[C@@H]1OCC[C@@H](C)N1C2=O. The van der Waals surface area contributed by atoms with Crippen LogP contribution in [0, 0.1) is 0 Å². The molecular weight excluding hydrogens is 536 g/mol. The number of ether oxygens (including phenoxy) is 2. The van der Waals surface area contributed by atoms with E-state index in [1.165, 1.54) is 13.3 Å². The molecule has 2 atom stereocenters. The molecule has 0 unspecified atom stereocenters. The molecule has 6 rings (SSSR count). The third-order valence-corrected chi connectivity index (χ3v) is 7.44. The van der Waals surface area contributed by atoms with Gasteiger partial charge in [-0.15, -0.1) is 5.10 Å². The first kappa shape index (κ1) is 25.8. The number of halogens is 1. The van der Waals surface area contributed by atoms with Gasteiger partial charge >= 0.3 is 0 Å². The van der Waals surface area contributed by atoms with Gasteiger partial charge in [-0.2, -0.15) is 0 Å². The average Bonchev–Trinajstić information content (AvgIpc) is 3.44. The van der Waals surface area contributed by atoms with Gasteiger partial charge in [-0.25, -0.2) is 4.68 Å². The molecule has 2 amide bonds. The molecule has 2 aromatic heterocycles. The van der Waals surface area contributed by atoms with Crippen LogP contribution in [-0.4, -0.2) is 62.3 Å². The van der Waals surface area contributed by atoms with Crippen molar-refractivity contribution in [3.05, 3.63) is 87.4 Å². The summed E-state index contributed by atoms with van der Waals surface area (Å²) in [5.41, 5.74) is 1.69. The highest BCUT2D eigenvalue weighted by Crippen LogP contribution is 2.30. The fourth-order valence-electron chi connectivity index (χ4n) is 5.10. The molecule has 11 nitrogen and oxygen atoms in total. The molecule has 1 fully saturated rings. The topological polar surface area (TPSA) is 121 Å². The summed E-state index contributed by atoms with van der Waals surface area (Å²) in [4.78, 5) is 41.6. The van der Waals surface area contributed by atoms with Crippen molar-refractivity contribution in [2.24, 2.45) is 0 Å². The number of hydrogen-bond acceptors (Lipinski definition) is 7. The minimum atomic E-state index is -0.664. The van der Waals surface area contributed by atoms with E-state index in [1.54, 1.807) is 44.6 Å². The summed E-state index contributed by atoms with van der Waals surface area (Å²) in [7, 11) is 1.31. The van der Waals surface area contributed by atoms with E-state index in [1.807, 2.05) is 31.2 Å². The Morgan fingerprint density at radius 3 is 2.77 bits per heavy atom. The van der Waals surface area contributed by atoms with Crippen molar-refractivity contribution in [3.8, 4) is 22.7 Å². The van der Waals surface area contributed by atoms with Gasteiger partial charge in [-0.05, 0) is 37.6 Å². The summed E-state index contributed by atoms with van der Waals surface area (Å²) in [6, 6.07) is 14.3. The average molecular weight is 561 g/mol. The number of carbonyl (C=O) groups is 2. The number of benzene rings is 2. The Labute approximate surface area is 233 Å². The van der Waals surface area contributed by atoms with Gasteiger partial charge in [0.15, 0.2) is 17.7 Å². The van der Waals surface area contributed by atoms with Crippen molar-refractivity contribution in [1.29, 1.82) is 0 Å². The first-order valence-corrected chi connectivity index (χ1v) is 13.1. The van der Waals surface area contributed by atoms with E-state index < -0.39 is 17.6 Å². The van der Waals surface area contributed by atoms with Crippen molar-refractivity contribution in [2.75, 3.05) is 19.0 Å². The van der Waals surface area contributed by atoms with Crippen molar-refractivity contribution in [2.45, 2.75) is 32.2 Å². The molecule has 0 saturated carbocycles. The molecule has 0 aliphatic carbocycles. The summed E-state index contributed by atoms with van der Waals surface area (Å²) < 4.78 is 14.3. The number of para-hydroxylation sites is 1. The third-order valence-electron chi connectivity index (χ3n) is 7.12. The number of anilines is 1. The molecule has 40 heavy (non-hydrogen) atoms. The van der Waals surface area contributed by atoms with Gasteiger partial charge in [-0.1, -0.05) is 41.1 Å². The van der Waals surface area contributed by atoms with E-state index >= 15 is 0 Å². The molecule has 0 spiro atoms. The Morgan fingerprint density at radius 2 is 1.98 bits per heavy atom. The number of fused-ring (bicyclic) bond motifs is 2. The van der Waals surface area contributed by atoms with Gasteiger partial charge in [0.05, 0.1) is 37.2 Å². The lowest BCUT2D eigenvalue weighted by Gasteiger charge is -2.44. The molecule has 12 heteroatoms. The van der Waals surface area contributed by atoms with Crippen molar-refractivity contribution < 1.29 is 19.1 Å². The zero-order valence-electron chi connectivity index (χ0n) is 21.7. The Hall–Kier alpha value is -4.48. The minimum Gasteiger partial charge on any atom is -0.491 e. The molecule has 1 saturated heterocycles. The second-order valence-corrected chi connectivity index (χ2v) is 10.0. The standard InChI is InChI=1S/C28H25ClN6O5/c1-16-10-11-40-23-15-33-13-19(25(36)26(39-2)24(33)28(38)35(16)23)27(37)30-18-7-5-6-17(12-18)21-14-34(32-31-21)22-9-4-3-8-20(22)29/h3-9,12-14,16,23H,10-11,15H2,1-2H3,(H,30,37)/t16-,23+/m1/s1. The maximum Gasteiger partial charge on any atom is 0.276 e. The van der Waals surface area contributed by atoms with Crippen molar-refractivity contribution in [1.82, 2.24) is 24.5 Å². The van der Waals surface area contributed by atoms with Gasteiger partial charge in [0.2, 0.25) is 5.43 Å². The highest BCUT2D eigenvalue weighted by molar-refractivity contribution is 6.32. The summed E-state index contributed by atoms with van der Waals surface area (Å²) in [5, 5.41) is 11.7. The zero-order chi connectivity index (χ0) is 28.0. The lowest BCUT2D eigenvalue weighted by molar-refractivity contribution is -0.112. The fraction of sp³-hybridized carbons (Fsp3) is 0.250. The molecule has 1 N–H and O–H groups in total. The van der Waals surface area contributed by atoms with Crippen LogP contribution >= 0.6 is 11.6 Å². The number of pyridine rings is 1. The second kappa shape index (κ2) is 10.2. The molecular formula is C28H25ClN6O5. The molecule has 4 aromatic rings. The predicted octanol–water partition coefficient (Wildman–Crippen LogP) is 3.60. The minimum absolute atomic E-state index is 0.0404. The normalized spacial score (nSPS) is 18.2. The Morgan fingerprint density at radius 1 is 1.15 bits per heavy atom. The summed E-state index contributed by atoms with van der Waals surface area (Å²) in [5.74, 6) is -1.16. The van der Waals surface area contributed by atoms with Crippen LogP contribution in [0.4, 0.5) is 5.69 Å². The number of methoxy groups -OCH3 is 1. The second-order valence-electron chi connectivity index (χ2n) is 9.62. The number of carbonyl (C=O) groups excluding carboxylic acids is 2. The summed E-state index contributed by atoms with van der Waals surface area (Å²) in [6.07, 6.45) is 3.34. The van der Waals surface area contributed by atoms with E-state index in [-0.39, 0.29) is 35.5 Å². The monoisotopic (exact) mass is 560 g/mol. The molecule has 2 aliphatic heterocycles. The van der Waals surface area contributed by atoms with Crippen LogP contribution in [0.5, 0.6) is 5.75 Å². The number of aromatic nitrogens is 4. The Balaban J connectivity index is 1.29. The largest absolute Gasteiger partial charge is 0.491 e. The van der Waals surface area contributed by atoms with E-state index in [9.17, 15) is 14.4 Å². The van der Waals surface area contributed by atoms with E-state index in [0.29, 0.717) is 40.7 Å². The number of hydrogen-bond donors (Lipinski definition) is 1. The van der Waals surface area contributed by atoms with Crippen molar-refractivity contribution >= 4 is 29.1 Å². The van der Waals surface area contributed by atoms with Gasteiger partial charge in [-0.3, -0.25) is 14.4 Å². The van der Waals surface area contributed by atoms with Gasteiger partial charge in [0.25, 0.3) is 11.8 Å². The van der Waals surface area contributed by atoms with Crippen LogP contribution in [0.3, 0.4) is 0 Å². The lowest BCUT2D eigenvalue weighted by atomic mass is 10.1. The van der Waals surface area contributed by atoms with Crippen LogP contribution in [0.15, 0.2) is 65.7 Å². The molecule has 0 radical (unpaired) electrons. The fourth-order valence-corrected chi connectivity index (χ4v) is 5.32. The first-order valence-electron chi connectivity index (χ1n) is 12.7. The lowest BCUT2D eigenvalue weighted by Crippen LogP contribution is -2.57. The number of amides is 2. The smallest absolute Gasteiger partial charge is 0.276 e. The van der Waals surface area contributed by atoms with Crippen LogP contribution in [0.1, 0.15) is 34.2 Å². The summed E-state index contributed by atoms with van der Waals surface area (Å²) >= 11 is 6.28. The summed E-state index contributed by atoms with van der Waals surface area (Å²) in [6.45, 7) is 2.75. The molecule has 0 bridgehead atoms. The maximum atomic E-state index is 13.3.